The Morgan fingerprint density at radius 3 is 3.21 bits per heavy atom. The number of hydrogen-bond donors (Lipinski definition) is 1. The maximum absolute atomic E-state index is 12.2. The number of hydrogen-bond acceptors (Lipinski definition) is 3. The molecule has 2 heterocycles. The predicted molar refractivity (Wildman–Crippen MR) is 75.5 cm³/mol. The third-order valence-corrected chi connectivity index (χ3v) is 4.60. The van der Waals surface area contributed by atoms with Crippen molar-refractivity contribution >= 4 is 17.2 Å². The van der Waals surface area contributed by atoms with E-state index in [0.29, 0.717) is 6.54 Å². The quantitative estimate of drug-likeness (QED) is 0.930. The second kappa shape index (κ2) is 5.17. The number of nitrogens with one attached hydrogen (secondary N) is 1. The molecule has 0 bridgehead atoms. The van der Waals surface area contributed by atoms with E-state index in [1.165, 1.54) is 16.9 Å². The SMILES string of the molecule is C[C@H](Cn1cccn1)NC(=O)c1cc2c(s1)CCC2. The molecule has 0 saturated heterocycles. The largest absolute Gasteiger partial charge is 0.347 e. The monoisotopic (exact) mass is 275 g/mol. The number of amides is 1. The van der Waals surface area contributed by atoms with Gasteiger partial charge in [-0.3, -0.25) is 9.48 Å². The van der Waals surface area contributed by atoms with Crippen LogP contribution < -0.4 is 5.32 Å². The van der Waals surface area contributed by atoms with Gasteiger partial charge in [0, 0.05) is 23.3 Å². The molecule has 1 aliphatic rings. The molecule has 1 N–H and O–H groups in total. The van der Waals surface area contributed by atoms with Crippen molar-refractivity contribution in [2.45, 2.75) is 38.8 Å². The average molecular weight is 275 g/mol. The highest BCUT2D eigenvalue weighted by Gasteiger charge is 2.19. The van der Waals surface area contributed by atoms with Gasteiger partial charge in [0.15, 0.2) is 0 Å². The molecule has 0 fully saturated rings. The van der Waals surface area contributed by atoms with Crippen molar-refractivity contribution < 1.29 is 4.79 Å². The summed E-state index contributed by atoms with van der Waals surface area (Å²) in [6.45, 7) is 2.70. The lowest BCUT2D eigenvalue weighted by Crippen LogP contribution is -2.35. The molecule has 2 aromatic rings. The number of aryl methyl sites for hydroxylation is 2. The Labute approximate surface area is 116 Å². The van der Waals surface area contributed by atoms with Gasteiger partial charge in [0.2, 0.25) is 0 Å². The summed E-state index contributed by atoms with van der Waals surface area (Å²) in [6.07, 6.45) is 7.15. The van der Waals surface area contributed by atoms with Crippen LogP contribution in [-0.4, -0.2) is 21.7 Å². The minimum absolute atomic E-state index is 0.0408. The van der Waals surface area contributed by atoms with Crippen molar-refractivity contribution in [2.75, 3.05) is 0 Å². The van der Waals surface area contributed by atoms with E-state index in [1.807, 2.05) is 23.9 Å². The number of carbonyl (C=O) groups is 1. The fourth-order valence-corrected chi connectivity index (χ4v) is 3.63. The Bertz CT molecular complexity index is 552. The van der Waals surface area contributed by atoms with Crippen LogP contribution >= 0.6 is 11.3 Å². The Kier molecular flexibility index (Phi) is 3.38. The van der Waals surface area contributed by atoms with Crippen LogP contribution in [0.1, 0.15) is 33.5 Å². The topological polar surface area (TPSA) is 46.9 Å². The van der Waals surface area contributed by atoms with E-state index in [4.69, 9.17) is 0 Å². The molecule has 0 aromatic carbocycles. The summed E-state index contributed by atoms with van der Waals surface area (Å²) >= 11 is 1.65. The van der Waals surface area contributed by atoms with E-state index >= 15 is 0 Å². The van der Waals surface area contributed by atoms with Gasteiger partial charge in [0.05, 0.1) is 11.4 Å². The van der Waals surface area contributed by atoms with Gasteiger partial charge in [-0.2, -0.15) is 5.10 Å². The highest BCUT2D eigenvalue weighted by Crippen LogP contribution is 2.30. The first-order valence-electron chi connectivity index (χ1n) is 6.62. The molecule has 4 nitrogen and oxygen atoms in total. The summed E-state index contributed by atoms with van der Waals surface area (Å²) in [7, 11) is 0. The fraction of sp³-hybridized carbons (Fsp3) is 0.429. The van der Waals surface area contributed by atoms with Gasteiger partial charge in [-0.1, -0.05) is 0 Å². The Morgan fingerprint density at radius 1 is 1.58 bits per heavy atom. The molecule has 1 atom stereocenters. The number of aromatic nitrogens is 2. The highest BCUT2D eigenvalue weighted by atomic mass is 32.1. The van der Waals surface area contributed by atoms with Gasteiger partial charge in [0.1, 0.15) is 0 Å². The third kappa shape index (κ3) is 2.71. The maximum Gasteiger partial charge on any atom is 0.261 e. The summed E-state index contributed by atoms with van der Waals surface area (Å²) in [5.41, 5.74) is 1.37. The third-order valence-electron chi connectivity index (χ3n) is 3.37. The van der Waals surface area contributed by atoms with Crippen molar-refractivity contribution in [1.29, 1.82) is 0 Å². The van der Waals surface area contributed by atoms with E-state index in [1.54, 1.807) is 17.5 Å². The molecule has 19 heavy (non-hydrogen) atoms. The van der Waals surface area contributed by atoms with Crippen molar-refractivity contribution in [3.8, 4) is 0 Å². The van der Waals surface area contributed by atoms with Gasteiger partial charge >= 0.3 is 0 Å². The summed E-state index contributed by atoms with van der Waals surface area (Å²) in [6, 6.07) is 4.02. The minimum Gasteiger partial charge on any atom is -0.347 e. The second-order valence-corrected chi connectivity index (χ2v) is 6.15. The summed E-state index contributed by atoms with van der Waals surface area (Å²) < 4.78 is 1.83. The zero-order valence-electron chi connectivity index (χ0n) is 10.9. The van der Waals surface area contributed by atoms with Crippen LogP contribution in [0.5, 0.6) is 0 Å². The number of fused-ring (bicyclic) bond motifs is 1. The van der Waals surface area contributed by atoms with Gasteiger partial charge in [-0.15, -0.1) is 11.3 Å². The maximum atomic E-state index is 12.2. The van der Waals surface area contributed by atoms with Crippen LogP contribution in [-0.2, 0) is 19.4 Å². The molecule has 100 valence electrons. The number of rotatable bonds is 4. The van der Waals surface area contributed by atoms with Gasteiger partial charge in [-0.05, 0) is 43.9 Å². The van der Waals surface area contributed by atoms with Crippen LogP contribution in [0.2, 0.25) is 0 Å². The molecular formula is C14H17N3OS. The Morgan fingerprint density at radius 2 is 2.47 bits per heavy atom. The molecule has 0 saturated carbocycles. The van der Waals surface area contributed by atoms with Crippen LogP contribution in [0.15, 0.2) is 24.5 Å². The van der Waals surface area contributed by atoms with Gasteiger partial charge < -0.3 is 5.32 Å². The second-order valence-electron chi connectivity index (χ2n) is 5.02. The van der Waals surface area contributed by atoms with Crippen LogP contribution in [0.3, 0.4) is 0 Å². The lowest BCUT2D eigenvalue weighted by molar-refractivity contribution is 0.0940. The predicted octanol–water partition coefficient (Wildman–Crippen LogP) is 2.25. The smallest absolute Gasteiger partial charge is 0.261 e. The molecule has 2 aromatic heterocycles. The normalized spacial score (nSPS) is 15.2. The fourth-order valence-electron chi connectivity index (χ4n) is 2.47. The van der Waals surface area contributed by atoms with E-state index in [-0.39, 0.29) is 11.9 Å². The van der Waals surface area contributed by atoms with Crippen LogP contribution in [0.4, 0.5) is 0 Å². The first-order chi connectivity index (χ1) is 9.22. The van der Waals surface area contributed by atoms with Crippen LogP contribution in [0.25, 0.3) is 0 Å². The Hall–Kier alpha value is -1.62. The molecule has 1 aliphatic carbocycles. The van der Waals surface area contributed by atoms with Crippen molar-refractivity contribution in [1.82, 2.24) is 15.1 Å². The molecule has 0 spiro atoms. The summed E-state index contributed by atoms with van der Waals surface area (Å²) in [4.78, 5) is 14.4. The van der Waals surface area contributed by atoms with Crippen molar-refractivity contribution in [3.63, 3.8) is 0 Å². The first-order valence-corrected chi connectivity index (χ1v) is 7.44. The summed E-state index contributed by atoms with van der Waals surface area (Å²) in [5.74, 6) is 0.0408. The van der Waals surface area contributed by atoms with Crippen molar-refractivity contribution in [3.05, 3.63) is 39.8 Å². The lowest BCUT2D eigenvalue weighted by Gasteiger charge is -2.13. The minimum atomic E-state index is 0.0408. The molecule has 0 unspecified atom stereocenters. The number of thiophene rings is 1. The van der Waals surface area contributed by atoms with E-state index in [2.05, 4.69) is 16.5 Å². The Balaban J connectivity index is 1.61. The zero-order chi connectivity index (χ0) is 13.2. The molecule has 0 radical (unpaired) electrons. The van der Waals surface area contributed by atoms with Gasteiger partial charge in [-0.25, -0.2) is 0 Å². The molecule has 1 amide bonds. The highest BCUT2D eigenvalue weighted by molar-refractivity contribution is 7.14. The van der Waals surface area contributed by atoms with E-state index in [9.17, 15) is 4.79 Å². The van der Waals surface area contributed by atoms with Gasteiger partial charge in [0.25, 0.3) is 5.91 Å². The first kappa shape index (κ1) is 12.4. The lowest BCUT2D eigenvalue weighted by atomic mass is 10.2. The average Bonchev–Trinajstić information content (AvgIpc) is 3.02. The van der Waals surface area contributed by atoms with E-state index < -0.39 is 0 Å². The number of nitrogens with zero attached hydrogens (tertiary/aromatic N) is 2. The molecule has 3 rings (SSSR count). The molecule has 0 aliphatic heterocycles. The van der Waals surface area contributed by atoms with Crippen molar-refractivity contribution in [2.24, 2.45) is 0 Å². The molecule has 5 heteroatoms. The summed E-state index contributed by atoms with van der Waals surface area (Å²) in [5, 5.41) is 7.18. The zero-order valence-corrected chi connectivity index (χ0v) is 11.7. The number of carbonyl (C=O) groups excluding carboxylic acids is 1. The van der Waals surface area contributed by atoms with E-state index in [0.717, 1.165) is 17.7 Å². The molecular weight excluding hydrogens is 258 g/mol. The van der Waals surface area contributed by atoms with Crippen LogP contribution in [0, 0.1) is 0 Å². The standard InChI is InChI=1S/C14H17N3OS/c1-10(9-17-7-3-6-15-17)16-14(18)13-8-11-4-2-5-12(11)19-13/h3,6-8,10H,2,4-5,9H2,1H3,(H,16,18)/t10-/m1/s1.